The molecule has 2 aromatic rings. The summed E-state index contributed by atoms with van der Waals surface area (Å²) in [5.74, 6) is -1.19. The number of anilines is 1. The number of aromatic carboxylic acids is 1. The highest BCUT2D eigenvalue weighted by Gasteiger charge is 2.28. The van der Waals surface area contributed by atoms with Crippen LogP contribution in [0.2, 0.25) is 0 Å². The number of hydrogen-bond acceptors (Lipinski definition) is 6. The molecule has 1 heterocycles. The van der Waals surface area contributed by atoms with Crippen molar-refractivity contribution < 1.29 is 23.1 Å². The van der Waals surface area contributed by atoms with Crippen LogP contribution in [0.3, 0.4) is 0 Å². The van der Waals surface area contributed by atoms with Crippen molar-refractivity contribution in [1.82, 2.24) is 4.31 Å². The summed E-state index contributed by atoms with van der Waals surface area (Å²) in [6.45, 7) is 1.15. The Bertz CT molecular complexity index is 925. The largest absolute Gasteiger partial charge is 0.478 e. The van der Waals surface area contributed by atoms with Crippen LogP contribution in [0.25, 0.3) is 0 Å². The Morgan fingerprint density at radius 2 is 1.81 bits per heavy atom. The van der Waals surface area contributed by atoms with Crippen LogP contribution in [0.5, 0.6) is 0 Å². The van der Waals surface area contributed by atoms with Gasteiger partial charge in [-0.15, -0.1) is 0 Å². The molecule has 26 heavy (non-hydrogen) atoms. The Morgan fingerprint density at radius 3 is 2.46 bits per heavy atom. The van der Waals surface area contributed by atoms with E-state index in [1.54, 1.807) is 24.3 Å². The zero-order valence-corrected chi connectivity index (χ0v) is 15.4. The zero-order valence-electron chi connectivity index (χ0n) is 13.8. The molecule has 0 atom stereocenters. The van der Waals surface area contributed by atoms with Gasteiger partial charge in [0.05, 0.1) is 23.7 Å². The molecule has 0 amide bonds. The highest BCUT2D eigenvalue weighted by Crippen LogP contribution is 2.35. The average Bonchev–Trinajstić information content (AvgIpc) is 2.64. The lowest BCUT2D eigenvalue weighted by atomic mass is 10.2. The third kappa shape index (κ3) is 3.85. The molecule has 0 unspecified atom stereocenters. The van der Waals surface area contributed by atoms with Gasteiger partial charge in [-0.25, -0.2) is 13.2 Å². The van der Waals surface area contributed by atoms with Gasteiger partial charge < -0.3 is 15.6 Å². The van der Waals surface area contributed by atoms with Crippen molar-refractivity contribution in [3.8, 4) is 0 Å². The molecule has 0 bridgehead atoms. The molecule has 1 saturated heterocycles. The van der Waals surface area contributed by atoms with Gasteiger partial charge in [-0.3, -0.25) is 0 Å². The Morgan fingerprint density at radius 1 is 1.12 bits per heavy atom. The van der Waals surface area contributed by atoms with Crippen molar-refractivity contribution in [2.45, 2.75) is 14.7 Å². The van der Waals surface area contributed by atoms with Crippen LogP contribution in [-0.4, -0.2) is 50.1 Å². The standard InChI is InChI=1S/C17H18N2O5S2/c18-14-3-1-2-4-16(14)25-15-6-5-12(11-13(15)17(20)21)26(22,23)19-7-9-24-10-8-19/h1-6,11H,7-10,18H2,(H,20,21). The predicted molar refractivity (Wildman–Crippen MR) is 98.0 cm³/mol. The summed E-state index contributed by atoms with van der Waals surface area (Å²) in [5, 5.41) is 9.54. The van der Waals surface area contributed by atoms with E-state index in [0.717, 1.165) is 0 Å². The molecule has 0 spiro atoms. The number of sulfonamides is 1. The topological polar surface area (TPSA) is 110 Å². The zero-order chi connectivity index (χ0) is 18.7. The fraction of sp³-hybridized carbons (Fsp3) is 0.235. The molecule has 1 aliphatic heterocycles. The Hall–Kier alpha value is -2.07. The quantitative estimate of drug-likeness (QED) is 0.748. The lowest BCUT2D eigenvalue weighted by Crippen LogP contribution is -2.40. The van der Waals surface area contributed by atoms with Crippen LogP contribution >= 0.6 is 11.8 Å². The maximum absolute atomic E-state index is 12.7. The molecule has 9 heteroatoms. The van der Waals surface area contributed by atoms with Crippen molar-refractivity contribution in [2.24, 2.45) is 0 Å². The summed E-state index contributed by atoms with van der Waals surface area (Å²) in [4.78, 5) is 12.8. The van der Waals surface area contributed by atoms with Crippen molar-refractivity contribution in [3.05, 3.63) is 48.0 Å². The molecule has 2 aromatic carbocycles. The van der Waals surface area contributed by atoms with E-state index in [1.807, 2.05) is 0 Å². The van der Waals surface area contributed by atoms with Crippen LogP contribution < -0.4 is 5.73 Å². The molecule has 1 fully saturated rings. The number of hydrogen-bond donors (Lipinski definition) is 2. The Labute approximate surface area is 155 Å². The number of carboxylic acids is 1. The minimum atomic E-state index is -3.76. The molecular formula is C17H18N2O5S2. The summed E-state index contributed by atoms with van der Waals surface area (Å²) in [7, 11) is -3.76. The SMILES string of the molecule is Nc1ccccc1Sc1ccc(S(=O)(=O)N2CCOCC2)cc1C(=O)O. The number of para-hydroxylation sites is 1. The number of carboxylic acid groups (broad SMARTS) is 1. The van der Waals surface area contributed by atoms with Crippen molar-refractivity contribution in [2.75, 3.05) is 32.0 Å². The first-order chi connectivity index (χ1) is 12.4. The van der Waals surface area contributed by atoms with E-state index < -0.39 is 16.0 Å². The second-order valence-electron chi connectivity index (χ2n) is 5.62. The first-order valence-electron chi connectivity index (χ1n) is 7.87. The minimum Gasteiger partial charge on any atom is -0.478 e. The number of carbonyl (C=O) groups is 1. The van der Waals surface area contributed by atoms with E-state index in [0.29, 0.717) is 28.7 Å². The third-order valence-corrected chi connectivity index (χ3v) is 6.99. The lowest BCUT2D eigenvalue weighted by molar-refractivity contribution is 0.0692. The van der Waals surface area contributed by atoms with Gasteiger partial charge in [-0.1, -0.05) is 23.9 Å². The molecule has 0 aliphatic carbocycles. The molecule has 0 saturated carbocycles. The van der Waals surface area contributed by atoms with E-state index in [2.05, 4.69) is 0 Å². The molecule has 1 aliphatic rings. The lowest BCUT2D eigenvalue weighted by Gasteiger charge is -2.26. The van der Waals surface area contributed by atoms with E-state index in [1.165, 1.54) is 34.3 Å². The van der Waals surface area contributed by atoms with E-state index in [-0.39, 0.29) is 23.5 Å². The minimum absolute atomic E-state index is 0.0396. The number of ether oxygens (including phenoxy) is 1. The van der Waals surface area contributed by atoms with Crippen LogP contribution in [0, 0.1) is 0 Å². The molecular weight excluding hydrogens is 376 g/mol. The molecule has 3 N–H and O–H groups in total. The summed E-state index contributed by atoms with van der Waals surface area (Å²) in [5.41, 5.74) is 6.36. The van der Waals surface area contributed by atoms with Crippen molar-refractivity contribution >= 4 is 33.4 Å². The van der Waals surface area contributed by atoms with E-state index in [4.69, 9.17) is 10.5 Å². The summed E-state index contributed by atoms with van der Waals surface area (Å²) in [6, 6.07) is 11.2. The van der Waals surface area contributed by atoms with Crippen LogP contribution in [0.4, 0.5) is 5.69 Å². The third-order valence-electron chi connectivity index (χ3n) is 3.93. The number of nitrogens with zero attached hydrogens (tertiary/aromatic N) is 1. The van der Waals surface area contributed by atoms with Gasteiger partial charge in [0.15, 0.2) is 0 Å². The first kappa shape index (κ1) is 18.7. The molecule has 7 nitrogen and oxygen atoms in total. The fourth-order valence-corrected chi connectivity index (χ4v) is 4.95. The number of benzene rings is 2. The number of rotatable bonds is 5. The Balaban J connectivity index is 1.97. The van der Waals surface area contributed by atoms with Crippen LogP contribution in [0.1, 0.15) is 10.4 Å². The Kier molecular flexibility index (Phi) is 5.52. The summed E-state index contributed by atoms with van der Waals surface area (Å²) < 4.78 is 32.0. The van der Waals surface area contributed by atoms with Gasteiger partial charge >= 0.3 is 5.97 Å². The van der Waals surface area contributed by atoms with Gasteiger partial charge in [-0.2, -0.15) is 4.31 Å². The van der Waals surface area contributed by atoms with E-state index in [9.17, 15) is 18.3 Å². The number of nitrogen functional groups attached to an aromatic ring is 1. The van der Waals surface area contributed by atoms with Gasteiger partial charge in [0.1, 0.15) is 0 Å². The smallest absolute Gasteiger partial charge is 0.336 e. The fourth-order valence-electron chi connectivity index (χ4n) is 2.55. The monoisotopic (exact) mass is 394 g/mol. The molecule has 3 rings (SSSR count). The van der Waals surface area contributed by atoms with Gasteiger partial charge in [0, 0.05) is 28.6 Å². The van der Waals surface area contributed by atoms with E-state index >= 15 is 0 Å². The molecule has 138 valence electrons. The number of morpholine rings is 1. The maximum atomic E-state index is 12.7. The van der Waals surface area contributed by atoms with Gasteiger partial charge in [0.2, 0.25) is 10.0 Å². The van der Waals surface area contributed by atoms with Gasteiger partial charge in [0.25, 0.3) is 0 Å². The normalized spacial score (nSPS) is 15.7. The molecule has 0 aromatic heterocycles. The average molecular weight is 394 g/mol. The second kappa shape index (κ2) is 7.67. The van der Waals surface area contributed by atoms with Crippen molar-refractivity contribution in [3.63, 3.8) is 0 Å². The van der Waals surface area contributed by atoms with Crippen molar-refractivity contribution in [1.29, 1.82) is 0 Å². The maximum Gasteiger partial charge on any atom is 0.336 e. The summed E-state index contributed by atoms with van der Waals surface area (Å²) >= 11 is 1.19. The molecule has 0 radical (unpaired) electrons. The predicted octanol–water partition coefficient (Wildman–Crippen LogP) is 2.14. The highest BCUT2D eigenvalue weighted by atomic mass is 32.2. The second-order valence-corrected chi connectivity index (χ2v) is 8.64. The number of nitrogens with two attached hydrogens (primary N) is 1. The van der Waals surface area contributed by atoms with Gasteiger partial charge in [-0.05, 0) is 30.3 Å². The highest BCUT2D eigenvalue weighted by molar-refractivity contribution is 7.99. The van der Waals surface area contributed by atoms with Crippen LogP contribution in [0.15, 0.2) is 57.2 Å². The summed E-state index contributed by atoms with van der Waals surface area (Å²) in [6.07, 6.45) is 0. The first-order valence-corrected chi connectivity index (χ1v) is 10.1. The van der Waals surface area contributed by atoms with Crippen LogP contribution in [-0.2, 0) is 14.8 Å².